The number of carboxylic acid groups (broad SMARTS) is 1. The fraction of sp³-hybridized carbons (Fsp3) is 0. The lowest BCUT2D eigenvalue weighted by Crippen LogP contribution is -1.93. The van der Waals surface area contributed by atoms with Crippen LogP contribution in [0.5, 0.6) is 0 Å². The molecule has 0 atom stereocenters. The number of aliphatic carboxylic acids is 1. The third-order valence-corrected chi connectivity index (χ3v) is 2.67. The highest BCUT2D eigenvalue weighted by Gasteiger charge is 2.05. The quantitative estimate of drug-likeness (QED) is 0.841. The molecule has 1 aromatic carbocycles. The average molecular weight is 279 g/mol. The molecule has 0 saturated heterocycles. The molecule has 0 aliphatic carbocycles. The summed E-state index contributed by atoms with van der Waals surface area (Å²) < 4.78 is 13.3. The Bertz CT molecular complexity index is 404. The van der Waals surface area contributed by atoms with Gasteiger partial charge in [-0.3, -0.25) is 0 Å². The Balaban J connectivity index is 3.04. The Kier molecular flexibility index (Phi) is 3.66. The minimum atomic E-state index is -1.59. The number of hydrogen-bond donors (Lipinski definition) is 1. The summed E-state index contributed by atoms with van der Waals surface area (Å²) in [6, 6.07) is 4.63. The first-order valence-corrected chi connectivity index (χ1v) is 4.73. The zero-order chi connectivity index (χ0) is 10.7. The topological polar surface area (TPSA) is 37.3 Å². The predicted molar refractivity (Wildman–Crippen MR) is 55.9 cm³/mol. The second kappa shape index (κ2) is 4.57. The second-order valence-corrected chi connectivity index (χ2v) is 3.73. The lowest BCUT2D eigenvalue weighted by Gasteiger charge is -1.97. The smallest absolute Gasteiger partial charge is 0.364 e. The van der Waals surface area contributed by atoms with Gasteiger partial charge in [0, 0.05) is 4.47 Å². The van der Waals surface area contributed by atoms with Gasteiger partial charge in [0.2, 0.25) is 5.83 Å². The summed E-state index contributed by atoms with van der Waals surface area (Å²) in [5.41, 5.74) is 0.401. The molecule has 1 N–H and O–H groups in total. The van der Waals surface area contributed by atoms with Gasteiger partial charge in [0.25, 0.3) is 0 Å². The number of halogens is 3. The van der Waals surface area contributed by atoms with Gasteiger partial charge in [-0.1, -0.05) is 17.7 Å². The number of rotatable bonds is 2. The van der Waals surface area contributed by atoms with Crippen LogP contribution in [0.1, 0.15) is 5.56 Å². The summed E-state index contributed by atoms with van der Waals surface area (Å²) in [6.45, 7) is 0. The maximum atomic E-state index is 12.7. The van der Waals surface area contributed by atoms with Gasteiger partial charge < -0.3 is 5.11 Å². The fourth-order valence-corrected chi connectivity index (χ4v) is 1.25. The maximum absolute atomic E-state index is 12.7. The van der Waals surface area contributed by atoms with Gasteiger partial charge in [-0.25, -0.2) is 4.79 Å². The van der Waals surface area contributed by atoms with Crippen molar-refractivity contribution in [3.63, 3.8) is 0 Å². The van der Waals surface area contributed by atoms with Gasteiger partial charge in [0.05, 0.1) is 5.02 Å². The van der Waals surface area contributed by atoms with Gasteiger partial charge in [-0.05, 0) is 39.7 Å². The highest BCUT2D eigenvalue weighted by molar-refractivity contribution is 9.10. The SMILES string of the molecule is O=C(O)/C(F)=C/c1ccc(Br)c(Cl)c1. The van der Waals surface area contributed by atoms with Crippen LogP contribution in [0.2, 0.25) is 5.02 Å². The van der Waals surface area contributed by atoms with E-state index in [0.29, 0.717) is 15.1 Å². The third-order valence-electron chi connectivity index (χ3n) is 1.44. The Morgan fingerprint density at radius 1 is 1.57 bits per heavy atom. The van der Waals surface area contributed by atoms with Crippen LogP contribution in [0.15, 0.2) is 28.5 Å². The average Bonchev–Trinajstić information content (AvgIpc) is 2.11. The summed E-state index contributed by atoms with van der Waals surface area (Å²) in [4.78, 5) is 10.2. The van der Waals surface area contributed by atoms with Crippen molar-refractivity contribution < 1.29 is 14.3 Å². The van der Waals surface area contributed by atoms with E-state index in [2.05, 4.69) is 15.9 Å². The van der Waals surface area contributed by atoms with E-state index in [1.807, 2.05) is 0 Å². The normalized spacial score (nSPS) is 11.5. The molecule has 1 aromatic rings. The summed E-state index contributed by atoms with van der Waals surface area (Å²) in [7, 11) is 0. The van der Waals surface area contributed by atoms with E-state index in [0.717, 1.165) is 6.08 Å². The van der Waals surface area contributed by atoms with Crippen molar-refractivity contribution in [3.8, 4) is 0 Å². The van der Waals surface area contributed by atoms with E-state index in [9.17, 15) is 9.18 Å². The van der Waals surface area contributed by atoms with Crippen LogP contribution in [0.25, 0.3) is 6.08 Å². The maximum Gasteiger partial charge on any atom is 0.364 e. The molecule has 5 heteroatoms. The Morgan fingerprint density at radius 2 is 2.21 bits per heavy atom. The summed E-state index contributed by atoms with van der Waals surface area (Å²) in [6.07, 6.45) is 0.903. The molecule has 74 valence electrons. The lowest BCUT2D eigenvalue weighted by molar-refractivity contribution is -0.134. The van der Waals surface area contributed by atoms with Gasteiger partial charge in [-0.2, -0.15) is 4.39 Å². The molecule has 0 aliphatic rings. The molecule has 0 fully saturated rings. The Hall–Kier alpha value is -0.870. The first-order chi connectivity index (χ1) is 6.50. The molecule has 0 heterocycles. The largest absolute Gasteiger partial charge is 0.476 e. The van der Waals surface area contributed by atoms with E-state index in [4.69, 9.17) is 16.7 Å². The molecule has 0 saturated carbocycles. The summed E-state index contributed by atoms with van der Waals surface area (Å²) >= 11 is 8.89. The second-order valence-electron chi connectivity index (χ2n) is 2.47. The number of carbonyl (C=O) groups is 1. The minimum absolute atomic E-state index is 0.400. The summed E-state index contributed by atoms with van der Waals surface area (Å²) in [5.74, 6) is -2.81. The molecule has 0 aromatic heterocycles. The van der Waals surface area contributed by atoms with Gasteiger partial charge in [0.15, 0.2) is 0 Å². The van der Waals surface area contributed by atoms with Gasteiger partial charge in [-0.15, -0.1) is 0 Å². The van der Waals surface area contributed by atoms with Crippen LogP contribution >= 0.6 is 27.5 Å². The van der Waals surface area contributed by atoms with Crippen molar-refractivity contribution in [2.75, 3.05) is 0 Å². The molecule has 0 radical (unpaired) electrons. The van der Waals surface area contributed by atoms with Crippen LogP contribution in [0, 0.1) is 0 Å². The number of carboxylic acids is 1. The van der Waals surface area contributed by atoms with Crippen molar-refractivity contribution in [3.05, 3.63) is 39.1 Å². The van der Waals surface area contributed by atoms with Crippen LogP contribution in [0.3, 0.4) is 0 Å². The molecular formula is C9H5BrClFO2. The minimum Gasteiger partial charge on any atom is -0.476 e. The first-order valence-electron chi connectivity index (χ1n) is 3.56. The molecule has 0 amide bonds. The number of hydrogen-bond acceptors (Lipinski definition) is 1. The molecule has 2 nitrogen and oxygen atoms in total. The van der Waals surface area contributed by atoms with E-state index >= 15 is 0 Å². The predicted octanol–water partition coefficient (Wildman–Crippen LogP) is 3.50. The zero-order valence-corrected chi connectivity index (χ0v) is 9.14. The standard InChI is InChI=1S/C9H5BrClFO2/c10-6-2-1-5(3-7(6)11)4-8(12)9(13)14/h1-4H,(H,13,14)/b8-4-. The van der Waals surface area contributed by atoms with E-state index in [1.54, 1.807) is 12.1 Å². The first kappa shape index (κ1) is 11.2. The van der Waals surface area contributed by atoms with Gasteiger partial charge >= 0.3 is 5.97 Å². The van der Waals surface area contributed by atoms with Crippen molar-refractivity contribution in [2.45, 2.75) is 0 Å². The lowest BCUT2D eigenvalue weighted by atomic mass is 10.2. The molecule has 0 bridgehead atoms. The fourth-order valence-electron chi connectivity index (χ4n) is 0.810. The van der Waals surface area contributed by atoms with Crippen molar-refractivity contribution in [1.29, 1.82) is 0 Å². The molecule has 0 spiro atoms. The molecule has 14 heavy (non-hydrogen) atoms. The number of benzene rings is 1. The van der Waals surface area contributed by atoms with Crippen molar-refractivity contribution in [1.82, 2.24) is 0 Å². The van der Waals surface area contributed by atoms with Crippen LogP contribution in [-0.2, 0) is 4.79 Å². The van der Waals surface area contributed by atoms with E-state index in [1.165, 1.54) is 6.07 Å². The highest BCUT2D eigenvalue weighted by Crippen LogP contribution is 2.24. The van der Waals surface area contributed by atoms with Crippen molar-refractivity contribution >= 4 is 39.6 Å². The zero-order valence-electron chi connectivity index (χ0n) is 6.80. The molecular weight excluding hydrogens is 274 g/mol. The summed E-state index contributed by atoms with van der Waals surface area (Å²) in [5, 5.41) is 8.68. The molecule has 0 aliphatic heterocycles. The molecule has 0 unspecified atom stereocenters. The van der Waals surface area contributed by atoms with E-state index < -0.39 is 11.8 Å². The Morgan fingerprint density at radius 3 is 2.71 bits per heavy atom. The van der Waals surface area contributed by atoms with E-state index in [-0.39, 0.29) is 0 Å². The Labute approximate surface area is 93.1 Å². The third kappa shape index (κ3) is 2.82. The molecule has 1 rings (SSSR count). The van der Waals surface area contributed by atoms with Crippen LogP contribution < -0.4 is 0 Å². The van der Waals surface area contributed by atoms with Crippen LogP contribution in [0.4, 0.5) is 4.39 Å². The highest BCUT2D eigenvalue weighted by atomic mass is 79.9. The monoisotopic (exact) mass is 278 g/mol. The van der Waals surface area contributed by atoms with Crippen LogP contribution in [-0.4, -0.2) is 11.1 Å². The van der Waals surface area contributed by atoms with Gasteiger partial charge in [0.1, 0.15) is 0 Å². The van der Waals surface area contributed by atoms with Crippen molar-refractivity contribution in [2.24, 2.45) is 0 Å².